The van der Waals surface area contributed by atoms with E-state index in [2.05, 4.69) is 344 Å². The SMILES string of the molecule is C=Cc1ccc(OC2=CCC(C3(c4ccc(C(C)(C)C)cc4)c4ccccc4-c4ccc(N(c5ccccc5)c5ccc(-c6ccc(N(c7ccccc7)c7ccc8c(c7)C(C7=CCC(C(C)(C)C)C=C7)(c7ccc(Oc9ccc(C=C)cc9)cc7)c7ccccc7-8)cc6)cc5)cc43)C=C2)cc1. The van der Waals surface area contributed by atoms with Gasteiger partial charge < -0.3 is 19.3 Å². The second-order valence-electron chi connectivity index (χ2n) is 29.7. The Labute approximate surface area is 602 Å². The van der Waals surface area contributed by atoms with Crippen molar-refractivity contribution in [3.8, 4) is 50.6 Å². The first-order valence-electron chi connectivity index (χ1n) is 35.9. The van der Waals surface area contributed by atoms with E-state index in [1.54, 1.807) is 0 Å². The van der Waals surface area contributed by atoms with Gasteiger partial charge in [0.1, 0.15) is 23.0 Å². The van der Waals surface area contributed by atoms with Crippen LogP contribution in [0.15, 0.2) is 352 Å². The van der Waals surface area contributed by atoms with Gasteiger partial charge in [0.05, 0.1) is 10.8 Å². The Morgan fingerprint density at radius 1 is 0.382 bits per heavy atom. The lowest BCUT2D eigenvalue weighted by molar-refractivity contribution is 0.292. The number of rotatable bonds is 17. The van der Waals surface area contributed by atoms with E-state index >= 15 is 0 Å². The molecule has 0 fully saturated rings. The third kappa shape index (κ3) is 11.6. The number of hydrogen-bond donors (Lipinski definition) is 0. The quantitative estimate of drug-likeness (QED) is 0.0907. The van der Waals surface area contributed by atoms with Crippen molar-refractivity contribution in [2.24, 2.45) is 17.3 Å². The number of para-hydroxylation sites is 2. The first-order chi connectivity index (χ1) is 49.7. The standard InChI is InChI=1S/C98H84N2O2/c1-9-67-29-55-83(56-30-67)101-85-59-45-75(46-60-85)97(73-41-37-71(38-42-73)95(3,4)5)91-27-19-17-25-87(91)89-63-53-81(65-93(89)97)99(77-21-13-11-14-22-77)79-49-33-69(34-50-79)70-35-51-80(52-36-70)100(78-23-15-12-16-24-78)82-54-64-90-88-26-18-20-28-92(88)98(94(90)66-82,74-43-39-72(40-44-74)96(6,7)8)76-47-61-86(62-48-76)102-84-57-31-68(10-2)32-58-84/h9-39,41-45,47-66,72,75H,1-2,40,46H2,3-8H3. The van der Waals surface area contributed by atoms with Gasteiger partial charge in [-0.3, -0.25) is 0 Å². The molecule has 12 aromatic carbocycles. The molecular weight excluding hydrogens is 1240 g/mol. The summed E-state index contributed by atoms with van der Waals surface area (Å²) in [6, 6.07) is 107. The van der Waals surface area contributed by atoms with Gasteiger partial charge in [0.2, 0.25) is 0 Å². The van der Waals surface area contributed by atoms with Crippen LogP contribution in [-0.2, 0) is 16.2 Å². The fourth-order valence-corrected chi connectivity index (χ4v) is 16.4. The Balaban J connectivity index is 0.754. The molecule has 0 aliphatic heterocycles. The number of allylic oxidation sites excluding steroid dienone is 7. The fourth-order valence-electron chi connectivity index (χ4n) is 16.4. The normalized spacial score (nSPS) is 17.8. The minimum absolute atomic E-state index is 0.00437. The lowest BCUT2D eigenvalue weighted by atomic mass is 9.62. The summed E-state index contributed by atoms with van der Waals surface area (Å²) in [7, 11) is 0. The summed E-state index contributed by atoms with van der Waals surface area (Å²) in [5.41, 5.74) is 25.0. The Morgan fingerprint density at radius 3 is 1.33 bits per heavy atom. The summed E-state index contributed by atoms with van der Waals surface area (Å²) < 4.78 is 13.0. The molecule has 0 saturated heterocycles. The van der Waals surface area contributed by atoms with Gasteiger partial charge in [0.25, 0.3) is 0 Å². The number of nitrogens with zero attached hydrogens (tertiary/aromatic N) is 2. The maximum Gasteiger partial charge on any atom is 0.127 e. The molecule has 0 amide bonds. The van der Waals surface area contributed by atoms with Crippen LogP contribution in [0.3, 0.4) is 0 Å². The monoisotopic (exact) mass is 1320 g/mol. The average Bonchev–Trinajstić information content (AvgIpc) is 1.54. The smallest absolute Gasteiger partial charge is 0.127 e. The molecular formula is C98H84N2O2. The molecule has 4 heteroatoms. The van der Waals surface area contributed by atoms with Crippen molar-refractivity contribution < 1.29 is 9.47 Å². The summed E-state index contributed by atoms with van der Waals surface area (Å²) >= 11 is 0. The Bertz CT molecular complexity index is 5240. The van der Waals surface area contributed by atoms with Crippen LogP contribution in [0.1, 0.15) is 104 Å². The molecule has 102 heavy (non-hydrogen) atoms. The van der Waals surface area contributed by atoms with Crippen molar-refractivity contribution in [2.75, 3.05) is 9.80 Å². The van der Waals surface area contributed by atoms with Crippen LogP contribution in [0.2, 0.25) is 0 Å². The van der Waals surface area contributed by atoms with Crippen LogP contribution >= 0.6 is 0 Å². The molecule has 498 valence electrons. The molecule has 4 aliphatic carbocycles. The van der Waals surface area contributed by atoms with E-state index in [4.69, 9.17) is 9.47 Å². The molecule has 4 atom stereocenters. The highest BCUT2D eigenvalue weighted by Gasteiger charge is 2.51. The second-order valence-corrected chi connectivity index (χ2v) is 29.7. The van der Waals surface area contributed by atoms with Crippen molar-refractivity contribution in [3.63, 3.8) is 0 Å². The Kier molecular flexibility index (Phi) is 16.8. The number of hydrogen-bond acceptors (Lipinski definition) is 4. The molecule has 0 N–H and O–H groups in total. The molecule has 4 aliphatic rings. The lowest BCUT2D eigenvalue weighted by Gasteiger charge is -2.40. The van der Waals surface area contributed by atoms with Gasteiger partial charge in [-0.05, 0) is 246 Å². The minimum atomic E-state index is -0.623. The van der Waals surface area contributed by atoms with Gasteiger partial charge in [0.15, 0.2) is 0 Å². The molecule has 0 radical (unpaired) electrons. The maximum atomic E-state index is 6.53. The summed E-state index contributed by atoms with van der Waals surface area (Å²) in [5.74, 6) is 3.71. The minimum Gasteiger partial charge on any atom is -0.458 e. The van der Waals surface area contributed by atoms with Gasteiger partial charge in [-0.1, -0.05) is 273 Å². The van der Waals surface area contributed by atoms with Crippen LogP contribution < -0.4 is 19.3 Å². The van der Waals surface area contributed by atoms with Crippen LogP contribution in [0.25, 0.3) is 45.5 Å². The summed E-state index contributed by atoms with van der Waals surface area (Å²) in [4.78, 5) is 4.83. The van der Waals surface area contributed by atoms with Gasteiger partial charge >= 0.3 is 0 Å². The summed E-state index contributed by atoms with van der Waals surface area (Å²) in [5, 5.41) is 0. The third-order valence-electron chi connectivity index (χ3n) is 21.7. The highest BCUT2D eigenvalue weighted by molar-refractivity contribution is 5.92. The van der Waals surface area contributed by atoms with Gasteiger partial charge in [-0.15, -0.1) is 0 Å². The van der Waals surface area contributed by atoms with Crippen molar-refractivity contribution in [1.29, 1.82) is 0 Å². The Hall–Kier alpha value is -11.7. The maximum absolute atomic E-state index is 6.53. The molecule has 16 rings (SSSR count). The van der Waals surface area contributed by atoms with E-state index in [1.165, 1.54) is 66.8 Å². The fraction of sp³-hybridized carbons (Fsp3) is 0.143. The van der Waals surface area contributed by atoms with Crippen LogP contribution in [-0.4, -0.2) is 0 Å². The molecule has 0 bridgehead atoms. The van der Waals surface area contributed by atoms with E-state index in [0.717, 1.165) is 92.2 Å². The third-order valence-corrected chi connectivity index (χ3v) is 21.7. The van der Waals surface area contributed by atoms with Crippen LogP contribution in [0.5, 0.6) is 17.2 Å². The number of anilines is 6. The summed E-state index contributed by atoms with van der Waals surface area (Å²) in [6.07, 6.45) is 19.7. The van der Waals surface area contributed by atoms with Gasteiger partial charge in [-0.2, -0.15) is 0 Å². The lowest BCUT2D eigenvalue weighted by Crippen LogP contribution is -2.36. The first kappa shape index (κ1) is 64.9. The van der Waals surface area contributed by atoms with Crippen molar-refractivity contribution in [3.05, 3.63) is 402 Å². The molecule has 0 heterocycles. The predicted molar refractivity (Wildman–Crippen MR) is 427 cm³/mol. The number of fused-ring (bicyclic) bond motifs is 6. The number of benzene rings is 12. The molecule has 0 aromatic heterocycles. The first-order valence-corrected chi connectivity index (χ1v) is 35.9. The van der Waals surface area contributed by atoms with Crippen LogP contribution in [0.4, 0.5) is 34.1 Å². The Morgan fingerprint density at radius 2 is 0.833 bits per heavy atom. The zero-order valence-electron chi connectivity index (χ0n) is 59.0. The largest absolute Gasteiger partial charge is 0.458 e. The zero-order valence-corrected chi connectivity index (χ0v) is 59.0. The highest BCUT2D eigenvalue weighted by atomic mass is 16.5. The van der Waals surface area contributed by atoms with E-state index in [9.17, 15) is 0 Å². The molecule has 0 spiro atoms. The molecule has 4 unspecified atom stereocenters. The van der Waals surface area contributed by atoms with Gasteiger partial charge in [-0.25, -0.2) is 0 Å². The van der Waals surface area contributed by atoms with E-state index in [1.807, 2.05) is 60.7 Å². The van der Waals surface area contributed by atoms with Crippen molar-refractivity contribution in [1.82, 2.24) is 0 Å². The topological polar surface area (TPSA) is 24.9 Å². The highest BCUT2D eigenvalue weighted by Crippen LogP contribution is 2.61. The van der Waals surface area contributed by atoms with Crippen molar-refractivity contribution in [2.45, 2.75) is 70.6 Å². The predicted octanol–water partition coefficient (Wildman–Crippen LogP) is 26.4. The average molecular weight is 1320 g/mol. The zero-order chi connectivity index (χ0) is 69.7. The van der Waals surface area contributed by atoms with E-state index in [0.29, 0.717) is 5.92 Å². The van der Waals surface area contributed by atoms with E-state index < -0.39 is 10.8 Å². The van der Waals surface area contributed by atoms with E-state index in [-0.39, 0.29) is 16.7 Å². The molecule has 4 nitrogen and oxygen atoms in total. The summed E-state index contributed by atoms with van der Waals surface area (Å²) in [6.45, 7) is 21.8. The molecule has 12 aromatic rings. The number of ether oxygens (including phenoxy) is 2. The van der Waals surface area contributed by atoms with Crippen LogP contribution in [0, 0.1) is 17.3 Å². The van der Waals surface area contributed by atoms with Gasteiger partial charge in [0, 0.05) is 34.1 Å². The van der Waals surface area contributed by atoms with Crippen molar-refractivity contribution >= 4 is 46.3 Å². The molecule has 0 saturated carbocycles. The second kappa shape index (κ2) is 26.4.